The van der Waals surface area contributed by atoms with Crippen LogP contribution >= 0.6 is 0 Å². The fraction of sp³-hybridized carbons (Fsp3) is 0.353. The third-order valence-electron chi connectivity index (χ3n) is 3.93. The summed E-state index contributed by atoms with van der Waals surface area (Å²) in [6.45, 7) is 0.104. The molecule has 0 saturated carbocycles. The summed E-state index contributed by atoms with van der Waals surface area (Å²) < 4.78 is 14.2. The second-order valence-electron chi connectivity index (χ2n) is 6.01. The lowest BCUT2D eigenvalue weighted by Gasteiger charge is -2.21. The van der Waals surface area contributed by atoms with Gasteiger partial charge in [0.2, 0.25) is 5.91 Å². The zero-order valence-corrected chi connectivity index (χ0v) is 14.4. The van der Waals surface area contributed by atoms with E-state index in [4.69, 9.17) is 0 Å². The van der Waals surface area contributed by atoms with Crippen molar-refractivity contribution < 1.29 is 14.0 Å². The topological polar surface area (TPSA) is 87.2 Å². The highest BCUT2D eigenvalue weighted by Gasteiger charge is 2.22. The quantitative estimate of drug-likeness (QED) is 0.798. The van der Waals surface area contributed by atoms with Crippen LogP contribution in [0.4, 0.5) is 4.39 Å². The van der Waals surface area contributed by atoms with Gasteiger partial charge in [0, 0.05) is 33.9 Å². The Kier molecular flexibility index (Phi) is 5.74. The van der Waals surface area contributed by atoms with Crippen molar-refractivity contribution in [2.75, 3.05) is 20.6 Å². The first-order chi connectivity index (χ1) is 11.8. The number of amides is 2. The molecule has 1 aromatic carbocycles. The Morgan fingerprint density at radius 3 is 2.44 bits per heavy atom. The maximum atomic E-state index is 13.0. The van der Waals surface area contributed by atoms with Crippen LogP contribution in [0.1, 0.15) is 16.1 Å². The first-order valence-electron chi connectivity index (χ1n) is 7.77. The van der Waals surface area contributed by atoms with Crippen LogP contribution < -0.4 is 11.0 Å². The lowest BCUT2D eigenvalue weighted by Crippen LogP contribution is -2.40. The van der Waals surface area contributed by atoms with Crippen LogP contribution in [0.5, 0.6) is 0 Å². The molecule has 134 valence electrons. The number of aromatic amines is 1. The number of hydrogen-bond acceptors (Lipinski definition) is 3. The smallest absolute Gasteiger partial charge is 0.325 e. The molecule has 2 amide bonds. The summed E-state index contributed by atoms with van der Waals surface area (Å²) >= 11 is 0. The summed E-state index contributed by atoms with van der Waals surface area (Å²) in [5.41, 5.74) is 0.588. The molecule has 0 aliphatic carbocycles. The molecule has 1 atom stereocenters. The van der Waals surface area contributed by atoms with E-state index in [1.165, 1.54) is 34.8 Å². The number of halogens is 1. The maximum absolute atomic E-state index is 13.0. The van der Waals surface area contributed by atoms with Gasteiger partial charge in [-0.3, -0.25) is 14.2 Å². The van der Waals surface area contributed by atoms with Crippen molar-refractivity contribution in [3.05, 3.63) is 58.0 Å². The van der Waals surface area contributed by atoms with E-state index in [0.29, 0.717) is 6.42 Å². The third kappa shape index (κ3) is 4.56. The van der Waals surface area contributed by atoms with Gasteiger partial charge in [0.25, 0.3) is 5.91 Å². The highest BCUT2D eigenvalue weighted by Crippen LogP contribution is 2.12. The van der Waals surface area contributed by atoms with Gasteiger partial charge >= 0.3 is 5.69 Å². The molecule has 0 saturated heterocycles. The van der Waals surface area contributed by atoms with Gasteiger partial charge < -0.3 is 15.2 Å². The van der Waals surface area contributed by atoms with E-state index in [-0.39, 0.29) is 24.0 Å². The zero-order valence-electron chi connectivity index (χ0n) is 14.4. The molecule has 1 heterocycles. The average Bonchev–Trinajstić information content (AvgIpc) is 2.91. The Morgan fingerprint density at radius 2 is 1.92 bits per heavy atom. The van der Waals surface area contributed by atoms with Crippen LogP contribution in [0.2, 0.25) is 0 Å². The second kappa shape index (κ2) is 7.78. The van der Waals surface area contributed by atoms with Crippen LogP contribution in [-0.4, -0.2) is 46.9 Å². The lowest BCUT2D eigenvalue weighted by atomic mass is 9.98. The average molecular weight is 348 g/mol. The lowest BCUT2D eigenvalue weighted by molar-refractivity contribution is -0.132. The standard InChI is InChI=1S/C17H21FN4O3/c1-21(2)16(24)12(8-11-4-6-13(18)7-5-11)9-19-15(23)14-10-20-17(25)22(14)3/h4-7,10,12H,8-9H2,1-3H3,(H,19,23)(H,20,25). The van der Waals surface area contributed by atoms with Crippen LogP contribution in [0.25, 0.3) is 0 Å². The van der Waals surface area contributed by atoms with Gasteiger partial charge in [-0.1, -0.05) is 12.1 Å². The molecule has 1 aromatic heterocycles. The summed E-state index contributed by atoms with van der Waals surface area (Å²) in [5.74, 6) is -1.44. The molecule has 1 unspecified atom stereocenters. The van der Waals surface area contributed by atoms with Gasteiger partial charge in [0.05, 0.1) is 5.92 Å². The minimum absolute atomic E-state index is 0.104. The van der Waals surface area contributed by atoms with Crippen molar-refractivity contribution in [3.8, 4) is 0 Å². The highest BCUT2D eigenvalue weighted by atomic mass is 19.1. The Bertz CT molecular complexity index is 808. The molecule has 2 rings (SSSR count). The summed E-state index contributed by atoms with van der Waals surface area (Å²) in [5, 5.41) is 2.68. The molecule has 2 N–H and O–H groups in total. The highest BCUT2D eigenvalue weighted by molar-refractivity contribution is 5.92. The van der Waals surface area contributed by atoms with Crippen molar-refractivity contribution in [2.45, 2.75) is 6.42 Å². The molecular weight excluding hydrogens is 327 g/mol. The molecule has 0 fully saturated rings. The normalized spacial score (nSPS) is 11.8. The number of H-pyrrole nitrogens is 1. The third-order valence-corrected chi connectivity index (χ3v) is 3.93. The van der Waals surface area contributed by atoms with Crippen molar-refractivity contribution in [1.29, 1.82) is 0 Å². The van der Waals surface area contributed by atoms with E-state index < -0.39 is 17.5 Å². The molecule has 0 aliphatic heterocycles. The van der Waals surface area contributed by atoms with E-state index in [0.717, 1.165) is 5.56 Å². The van der Waals surface area contributed by atoms with Gasteiger partial charge in [0.15, 0.2) is 0 Å². The van der Waals surface area contributed by atoms with E-state index in [1.54, 1.807) is 26.2 Å². The van der Waals surface area contributed by atoms with Gasteiger partial charge in [-0.25, -0.2) is 9.18 Å². The number of imidazole rings is 1. The minimum atomic E-state index is -0.500. The molecule has 0 aliphatic rings. The molecule has 0 bridgehead atoms. The fourth-order valence-corrected chi connectivity index (χ4v) is 2.47. The van der Waals surface area contributed by atoms with Gasteiger partial charge in [-0.05, 0) is 24.1 Å². The number of aromatic nitrogens is 2. The summed E-state index contributed by atoms with van der Waals surface area (Å²) in [4.78, 5) is 39.8. The van der Waals surface area contributed by atoms with Crippen LogP contribution in [-0.2, 0) is 18.3 Å². The van der Waals surface area contributed by atoms with Crippen LogP contribution in [0, 0.1) is 11.7 Å². The predicted molar refractivity (Wildman–Crippen MR) is 90.7 cm³/mol. The Balaban J connectivity index is 2.09. The van der Waals surface area contributed by atoms with Gasteiger partial charge in [0.1, 0.15) is 11.5 Å². The van der Waals surface area contributed by atoms with Gasteiger partial charge in [-0.2, -0.15) is 0 Å². The molecular formula is C17H21FN4O3. The first kappa shape index (κ1) is 18.4. The number of nitrogens with zero attached hydrogens (tertiary/aromatic N) is 2. The van der Waals surface area contributed by atoms with E-state index in [1.807, 2.05) is 0 Å². The molecule has 7 nitrogen and oxygen atoms in total. The molecule has 25 heavy (non-hydrogen) atoms. The summed E-state index contributed by atoms with van der Waals surface area (Å²) in [6.07, 6.45) is 1.68. The number of nitrogens with one attached hydrogen (secondary N) is 2. The van der Waals surface area contributed by atoms with Crippen molar-refractivity contribution >= 4 is 11.8 Å². The van der Waals surface area contributed by atoms with E-state index >= 15 is 0 Å². The number of carbonyl (C=O) groups excluding carboxylic acids is 2. The van der Waals surface area contributed by atoms with Crippen molar-refractivity contribution in [1.82, 2.24) is 19.8 Å². The van der Waals surface area contributed by atoms with Crippen molar-refractivity contribution in [2.24, 2.45) is 13.0 Å². The van der Waals surface area contributed by atoms with Crippen molar-refractivity contribution in [3.63, 3.8) is 0 Å². The Morgan fingerprint density at radius 1 is 1.28 bits per heavy atom. The SMILES string of the molecule is CN(C)C(=O)C(CNC(=O)c1c[nH]c(=O)n1C)Cc1ccc(F)cc1. The fourth-order valence-electron chi connectivity index (χ4n) is 2.47. The summed E-state index contributed by atoms with van der Waals surface area (Å²) in [6, 6.07) is 5.90. The van der Waals surface area contributed by atoms with E-state index in [9.17, 15) is 18.8 Å². The largest absolute Gasteiger partial charge is 0.350 e. The predicted octanol–water partition coefficient (Wildman–Crippen LogP) is 0.529. The molecule has 2 aromatic rings. The first-order valence-corrected chi connectivity index (χ1v) is 7.77. The number of hydrogen-bond donors (Lipinski definition) is 2. The maximum Gasteiger partial charge on any atom is 0.325 e. The van der Waals surface area contributed by atoms with Crippen LogP contribution in [0.3, 0.4) is 0 Å². The number of benzene rings is 1. The number of rotatable bonds is 6. The molecule has 0 radical (unpaired) electrons. The van der Waals surface area contributed by atoms with Crippen LogP contribution in [0.15, 0.2) is 35.3 Å². The minimum Gasteiger partial charge on any atom is -0.350 e. The molecule has 8 heteroatoms. The summed E-state index contributed by atoms with van der Waals surface area (Å²) in [7, 11) is 4.75. The zero-order chi connectivity index (χ0) is 18.6. The monoisotopic (exact) mass is 348 g/mol. The Hall–Kier alpha value is -2.90. The van der Waals surface area contributed by atoms with E-state index in [2.05, 4.69) is 10.3 Å². The Labute approximate surface area is 144 Å². The second-order valence-corrected chi connectivity index (χ2v) is 6.01. The number of carbonyl (C=O) groups is 2. The molecule has 0 spiro atoms. The van der Waals surface area contributed by atoms with Gasteiger partial charge in [-0.15, -0.1) is 0 Å².